The molecule has 6 heteroatoms. The van der Waals surface area contributed by atoms with Crippen molar-refractivity contribution in [3.8, 4) is 0 Å². The summed E-state index contributed by atoms with van der Waals surface area (Å²) in [7, 11) is 0. The van der Waals surface area contributed by atoms with Gasteiger partial charge in [-0.15, -0.1) is 0 Å². The third-order valence-corrected chi connectivity index (χ3v) is 6.37. The average Bonchev–Trinajstić information content (AvgIpc) is 2.93. The van der Waals surface area contributed by atoms with Crippen LogP contribution in [0.2, 0.25) is 0 Å². The highest BCUT2D eigenvalue weighted by Crippen LogP contribution is 2.32. The van der Waals surface area contributed by atoms with Crippen molar-refractivity contribution >= 4 is 28.3 Å². The molecule has 0 radical (unpaired) electrons. The summed E-state index contributed by atoms with van der Waals surface area (Å²) in [6.45, 7) is 5.68. The number of amides is 2. The molecular weight excluding hydrogens is 334 g/mol. The zero-order chi connectivity index (χ0) is 17.8. The monoisotopic (exact) mass is 363 g/mol. The van der Waals surface area contributed by atoms with Gasteiger partial charge in [0.1, 0.15) is 0 Å². The highest BCUT2D eigenvalue weighted by molar-refractivity contribution is 7.15. The SMILES string of the molecule is CCCC(CCC)C(=O)N1CCc2nc(NC(=O)C3CCC3)sc2C1. The average molecular weight is 364 g/mol. The Kier molecular flexibility index (Phi) is 6.10. The number of hydrogen-bond donors (Lipinski definition) is 1. The van der Waals surface area contributed by atoms with Gasteiger partial charge in [-0.3, -0.25) is 9.59 Å². The molecular formula is C19H29N3O2S. The van der Waals surface area contributed by atoms with Crippen molar-refractivity contribution < 1.29 is 9.59 Å². The maximum Gasteiger partial charge on any atom is 0.229 e. The second kappa shape index (κ2) is 8.30. The lowest BCUT2D eigenvalue weighted by Crippen LogP contribution is -2.39. The smallest absolute Gasteiger partial charge is 0.229 e. The Morgan fingerprint density at radius 1 is 1.28 bits per heavy atom. The van der Waals surface area contributed by atoms with E-state index >= 15 is 0 Å². The molecule has 0 saturated heterocycles. The molecule has 1 N–H and O–H groups in total. The molecule has 1 aromatic heterocycles. The van der Waals surface area contributed by atoms with Gasteiger partial charge < -0.3 is 10.2 Å². The van der Waals surface area contributed by atoms with E-state index < -0.39 is 0 Å². The molecule has 0 unspecified atom stereocenters. The summed E-state index contributed by atoms with van der Waals surface area (Å²) in [6.07, 6.45) is 7.98. The number of hydrogen-bond acceptors (Lipinski definition) is 4. The van der Waals surface area contributed by atoms with E-state index in [2.05, 4.69) is 24.1 Å². The lowest BCUT2D eigenvalue weighted by molar-refractivity contribution is -0.137. The highest BCUT2D eigenvalue weighted by atomic mass is 32.1. The summed E-state index contributed by atoms with van der Waals surface area (Å²) in [6, 6.07) is 0. The van der Waals surface area contributed by atoms with Gasteiger partial charge in [0.15, 0.2) is 5.13 Å². The summed E-state index contributed by atoms with van der Waals surface area (Å²) in [5.41, 5.74) is 1.06. The summed E-state index contributed by atoms with van der Waals surface area (Å²) in [5, 5.41) is 3.68. The molecule has 1 fully saturated rings. The Morgan fingerprint density at radius 3 is 2.60 bits per heavy atom. The number of carbonyl (C=O) groups is 2. The fourth-order valence-electron chi connectivity index (χ4n) is 3.66. The van der Waals surface area contributed by atoms with Crippen LogP contribution in [0.25, 0.3) is 0 Å². The number of nitrogens with one attached hydrogen (secondary N) is 1. The lowest BCUT2D eigenvalue weighted by atomic mass is 9.85. The third kappa shape index (κ3) is 4.22. The van der Waals surface area contributed by atoms with Crippen molar-refractivity contribution in [2.45, 2.75) is 71.8 Å². The zero-order valence-corrected chi connectivity index (χ0v) is 16.2. The second-order valence-corrected chi connectivity index (χ2v) is 8.37. The van der Waals surface area contributed by atoms with Gasteiger partial charge >= 0.3 is 0 Å². The van der Waals surface area contributed by atoms with Crippen molar-refractivity contribution in [1.29, 1.82) is 0 Å². The number of nitrogens with zero attached hydrogens (tertiary/aromatic N) is 2. The normalized spacial score (nSPS) is 17.3. The minimum Gasteiger partial charge on any atom is -0.337 e. The van der Waals surface area contributed by atoms with E-state index in [0.29, 0.717) is 17.6 Å². The maximum atomic E-state index is 12.8. The van der Waals surface area contributed by atoms with Crippen LogP contribution < -0.4 is 5.32 Å². The van der Waals surface area contributed by atoms with E-state index in [9.17, 15) is 9.59 Å². The van der Waals surface area contributed by atoms with E-state index in [1.807, 2.05) is 4.90 Å². The number of rotatable bonds is 7. The van der Waals surface area contributed by atoms with Gasteiger partial charge in [-0.05, 0) is 25.7 Å². The van der Waals surface area contributed by atoms with Crippen LogP contribution in [0, 0.1) is 11.8 Å². The maximum absolute atomic E-state index is 12.8. The number of thiazole rings is 1. The number of aromatic nitrogens is 1. The van der Waals surface area contributed by atoms with Gasteiger partial charge in [0.05, 0.1) is 12.2 Å². The molecule has 138 valence electrons. The predicted molar refractivity (Wildman–Crippen MR) is 101 cm³/mol. The standard InChI is InChI=1S/C19H29N3O2S/c1-3-6-14(7-4-2)18(24)22-11-10-15-16(12-22)25-19(20-15)21-17(23)13-8-5-9-13/h13-14H,3-12H2,1-2H3,(H,20,21,23). The Morgan fingerprint density at radius 2 is 2.00 bits per heavy atom. The minimum atomic E-state index is 0.108. The molecule has 25 heavy (non-hydrogen) atoms. The van der Waals surface area contributed by atoms with E-state index in [0.717, 1.165) is 68.5 Å². The van der Waals surface area contributed by atoms with Crippen LogP contribution >= 0.6 is 11.3 Å². The quantitative estimate of drug-likeness (QED) is 0.797. The van der Waals surface area contributed by atoms with Gasteiger partial charge in [-0.1, -0.05) is 44.4 Å². The molecule has 0 aromatic carbocycles. The number of fused-ring (bicyclic) bond motifs is 1. The minimum absolute atomic E-state index is 0.108. The van der Waals surface area contributed by atoms with Crippen LogP contribution in [0.5, 0.6) is 0 Å². The summed E-state index contributed by atoms with van der Waals surface area (Å²) in [5.74, 6) is 0.726. The highest BCUT2D eigenvalue weighted by Gasteiger charge is 2.30. The van der Waals surface area contributed by atoms with Crippen LogP contribution in [0.4, 0.5) is 5.13 Å². The van der Waals surface area contributed by atoms with Crippen molar-refractivity contribution in [2.24, 2.45) is 11.8 Å². The van der Waals surface area contributed by atoms with Crippen molar-refractivity contribution in [3.05, 3.63) is 10.6 Å². The molecule has 1 saturated carbocycles. The summed E-state index contributed by atoms with van der Waals surface area (Å²) < 4.78 is 0. The Labute approximate surface area is 154 Å². The molecule has 1 aliphatic carbocycles. The van der Waals surface area contributed by atoms with Gasteiger partial charge in [0.2, 0.25) is 11.8 Å². The van der Waals surface area contributed by atoms with Crippen molar-refractivity contribution in [1.82, 2.24) is 9.88 Å². The van der Waals surface area contributed by atoms with Crippen LogP contribution in [-0.2, 0) is 22.6 Å². The van der Waals surface area contributed by atoms with Crippen LogP contribution in [0.1, 0.15) is 69.4 Å². The molecule has 2 amide bonds. The van der Waals surface area contributed by atoms with E-state index in [1.54, 1.807) is 0 Å². The first-order valence-electron chi connectivity index (χ1n) is 9.70. The molecule has 0 spiro atoms. The predicted octanol–water partition coefficient (Wildman–Crippen LogP) is 3.98. The Balaban J connectivity index is 1.62. The van der Waals surface area contributed by atoms with Crippen LogP contribution in [0.15, 0.2) is 0 Å². The van der Waals surface area contributed by atoms with E-state index in [-0.39, 0.29) is 17.7 Å². The van der Waals surface area contributed by atoms with Gasteiger partial charge in [0.25, 0.3) is 0 Å². The lowest BCUT2D eigenvalue weighted by Gasteiger charge is -2.29. The molecule has 2 aliphatic rings. The van der Waals surface area contributed by atoms with Crippen molar-refractivity contribution in [3.63, 3.8) is 0 Å². The summed E-state index contributed by atoms with van der Waals surface area (Å²) in [4.78, 5) is 32.7. The zero-order valence-electron chi connectivity index (χ0n) is 15.3. The second-order valence-electron chi connectivity index (χ2n) is 7.29. The third-order valence-electron chi connectivity index (χ3n) is 5.37. The fraction of sp³-hybridized carbons (Fsp3) is 0.737. The fourth-order valence-corrected chi connectivity index (χ4v) is 4.69. The molecule has 0 atom stereocenters. The van der Waals surface area contributed by atoms with Crippen molar-refractivity contribution in [2.75, 3.05) is 11.9 Å². The van der Waals surface area contributed by atoms with E-state index in [4.69, 9.17) is 0 Å². The molecule has 1 aliphatic heterocycles. The van der Waals surface area contributed by atoms with Gasteiger partial charge in [-0.25, -0.2) is 4.98 Å². The number of carbonyl (C=O) groups excluding carboxylic acids is 2. The molecule has 2 heterocycles. The number of anilines is 1. The van der Waals surface area contributed by atoms with E-state index in [1.165, 1.54) is 11.3 Å². The first kappa shape index (κ1) is 18.4. The van der Waals surface area contributed by atoms with Crippen LogP contribution in [0.3, 0.4) is 0 Å². The molecule has 0 bridgehead atoms. The van der Waals surface area contributed by atoms with Gasteiger partial charge in [0, 0.05) is 29.7 Å². The summed E-state index contributed by atoms with van der Waals surface area (Å²) >= 11 is 1.54. The Hall–Kier alpha value is -1.43. The van der Waals surface area contributed by atoms with Crippen LogP contribution in [-0.4, -0.2) is 28.2 Å². The molecule has 1 aromatic rings. The first-order chi connectivity index (χ1) is 12.1. The van der Waals surface area contributed by atoms with Gasteiger partial charge in [-0.2, -0.15) is 0 Å². The largest absolute Gasteiger partial charge is 0.337 e. The first-order valence-corrected chi connectivity index (χ1v) is 10.5. The topological polar surface area (TPSA) is 62.3 Å². The molecule has 5 nitrogen and oxygen atoms in total. The Bertz CT molecular complexity index is 618. The molecule has 3 rings (SSSR count).